The van der Waals surface area contributed by atoms with Crippen LogP contribution in [-0.2, 0) is 0 Å². The second kappa shape index (κ2) is 29.3. The number of rotatable bonds is 32. The monoisotopic (exact) mass is 574 g/mol. The standard InChI is InChI=1S/C39H76N2/c1-5-8-11-14-16-18-19-20-21-22-23-24-26-28-31-34-38(33-30-13-10-7-3)39-40-35-36-41(39)37(4)32-29-27-25-17-15-12-9-6-2/h35-38H,5-34H2,1-4H3/p+1. The molecule has 0 aliphatic rings. The Morgan fingerprint density at radius 2 is 0.780 bits per heavy atom. The molecule has 2 atom stereocenters. The molecule has 1 aromatic heterocycles. The van der Waals surface area contributed by atoms with E-state index < -0.39 is 0 Å². The van der Waals surface area contributed by atoms with E-state index in [0.29, 0.717) is 12.0 Å². The number of hydrogen-bond acceptors (Lipinski definition) is 0. The molecule has 0 aliphatic carbocycles. The SMILES string of the molecule is CCCCCCCCCCCCCCCCCC(CCCCCC)c1[nH]cc[n+]1C(C)CCCCCCCCCC. The van der Waals surface area contributed by atoms with E-state index in [9.17, 15) is 0 Å². The van der Waals surface area contributed by atoms with Crippen LogP contribution in [0.1, 0.15) is 238 Å². The fourth-order valence-corrected chi connectivity index (χ4v) is 6.78. The maximum absolute atomic E-state index is 3.72. The van der Waals surface area contributed by atoms with Crippen molar-refractivity contribution in [2.75, 3.05) is 0 Å². The van der Waals surface area contributed by atoms with Crippen molar-refractivity contribution in [1.82, 2.24) is 4.98 Å². The number of hydrogen-bond donors (Lipinski definition) is 1. The van der Waals surface area contributed by atoms with Gasteiger partial charge in [-0.25, -0.2) is 9.55 Å². The molecule has 1 aromatic rings. The highest BCUT2D eigenvalue weighted by molar-refractivity contribution is 4.90. The maximum atomic E-state index is 3.72. The summed E-state index contributed by atoms with van der Waals surface area (Å²) in [5.74, 6) is 2.24. The van der Waals surface area contributed by atoms with Crippen LogP contribution >= 0.6 is 0 Å². The second-order valence-electron chi connectivity index (χ2n) is 13.6. The van der Waals surface area contributed by atoms with Crippen LogP contribution in [0.25, 0.3) is 0 Å². The lowest BCUT2D eigenvalue weighted by atomic mass is 9.93. The zero-order valence-electron chi connectivity index (χ0n) is 29.0. The highest BCUT2D eigenvalue weighted by Gasteiger charge is 2.25. The van der Waals surface area contributed by atoms with E-state index in [0.717, 1.165) is 0 Å². The van der Waals surface area contributed by atoms with Gasteiger partial charge in [-0.1, -0.05) is 188 Å². The fourth-order valence-electron chi connectivity index (χ4n) is 6.78. The second-order valence-corrected chi connectivity index (χ2v) is 13.6. The van der Waals surface area contributed by atoms with E-state index in [-0.39, 0.29) is 0 Å². The lowest BCUT2D eigenvalue weighted by Gasteiger charge is -2.17. The van der Waals surface area contributed by atoms with Crippen LogP contribution in [0, 0.1) is 0 Å². The normalized spacial score (nSPS) is 13.2. The summed E-state index contributed by atoms with van der Waals surface area (Å²) in [7, 11) is 0. The summed E-state index contributed by atoms with van der Waals surface area (Å²) in [4.78, 5) is 3.72. The molecule has 1 rings (SSSR count). The third-order valence-corrected chi connectivity index (χ3v) is 9.64. The van der Waals surface area contributed by atoms with Crippen LogP contribution in [-0.4, -0.2) is 4.98 Å². The molecular weight excluding hydrogens is 496 g/mol. The molecule has 0 radical (unpaired) electrons. The summed E-state index contributed by atoms with van der Waals surface area (Å²) in [6, 6.07) is 0.621. The molecule has 0 aromatic carbocycles. The molecule has 2 heteroatoms. The van der Waals surface area contributed by atoms with Crippen LogP contribution in [0.15, 0.2) is 12.4 Å². The largest absolute Gasteiger partial charge is 0.257 e. The quantitative estimate of drug-likeness (QED) is 0.0653. The number of imidazole rings is 1. The number of H-pyrrole nitrogens is 1. The van der Waals surface area contributed by atoms with E-state index in [1.54, 1.807) is 0 Å². The van der Waals surface area contributed by atoms with Crippen molar-refractivity contribution in [3.05, 3.63) is 18.2 Å². The fraction of sp³-hybridized carbons (Fsp3) is 0.923. The minimum atomic E-state index is 0.621. The Balaban J connectivity index is 2.28. The molecule has 2 nitrogen and oxygen atoms in total. The van der Waals surface area contributed by atoms with E-state index in [4.69, 9.17) is 0 Å². The molecule has 0 aliphatic heterocycles. The van der Waals surface area contributed by atoms with Gasteiger partial charge in [0.05, 0.1) is 12.0 Å². The van der Waals surface area contributed by atoms with Crippen molar-refractivity contribution in [3.63, 3.8) is 0 Å². The lowest BCUT2D eigenvalue weighted by molar-refractivity contribution is -0.727. The van der Waals surface area contributed by atoms with E-state index in [1.165, 1.54) is 198 Å². The number of unbranched alkanes of at least 4 members (excludes halogenated alkanes) is 24. The molecular formula is C39H77N2+. The first-order valence-corrected chi connectivity index (χ1v) is 19.3. The van der Waals surface area contributed by atoms with Gasteiger partial charge >= 0.3 is 0 Å². The smallest absolute Gasteiger partial charge is 0.247 e. The van der Waals surface area contributed by atoms with Crippen molar-refractivity contribution >= 4 is 0 Å². The van der Waals surface area contributed by atoms with Crippen molar-refractivity contribution < 1.29 is 4.57 Å². The minimum Gasteiger partial charge on any atom is -0.247 e. The molecule has 1 heterocycles. The number of aromatic nitrogens is 2. The summed E-state index contributed by atoms with van der Waals surface area (Å²) in [6.45, 7) is 9.41. The zero-order valence-corrected chi connectivity index (χ0v) is 29.0. The van der Waals surface area contributed by atoms with Crippen molar-refractivity contribution in [2.24, 2.45) is 0 Å². The van der Waals surface area contributed by atoms with Crippen LogP contribution in [0.2, 0.25) is 0 Å². The van der Waals surface area contributed by atoms with Crippen molar-refractivity contribution in [1.29, 1.82) is 0 Å². The van der Waals surface area contributed by atoms with E-state index >= 15 is 0 Å². The first-order chi connectivity index (χ1) is 20.2. The van der Waals surface area contributed by atoms with Crippen LogP contribution in [0.5, 0.6) is 0 Å². The van der Waals surface area contributed by atoms with Gasteiger partial charge in [0.1, 0.15) is 12.4 Å². The van der Waals surface area contributed by atoms with Gasteiger partial charge in [0.15, 0.2) is 0 Å². The molecule has 0 fully saturated rings. The average molecular weight is 574 g/mol. The predicted molar refractivity (Wildman–Crippen MR) is 184 cm³/mol. The van der Waals surface area contributed by atoms with Crippen LogP contribution in [0.4, 0.5) is 0 Å². The third kappa shape index (κ3) is 21.5. The van der Waals surface area contributed by atoms with Gasteiger partial charge in [0.2, 0.25) is 0 Å². The highest BCUT2D eigenvalue weighted by atomic mass is 15.1. The molecule has 242 valence electrons. The average Bonchev–Trinajstić information content (AvgIpc) is 3.47. The Morgan fingerprint density at radius 3 is 1.17 bits per heavy atom. The summed E-state index contributed by atoms with van der Waals surface area (Å²) >= 11 is 0. The number of aromatic amines is 1. The Kier molecular flexibility index (Phi) is 27.3. The van der Waals surface area contributed by atoms with Crippen LogP contribution in [0.3, 0.4) is 0 Å². The molecule has 2 unspecified atom stereocenters. The molecule has 0 bridgehead atoms. The summed E-state index contributed by atoms with van der Waals surface area (Å²) in [5.41, 5.74) is 0. The van der Waals surface area contributed by atoms with E-state index in [1.807, 2.05) is 0 Å². The zero-order chi connectivity index (χ0) is 29.6. The predicted octanol–water partition coefficient (Wildman–Crippen LogP) is 13.7. The number of nitrogens with one attached hydrogen (secondary N) is 1. The van der Waals surface area contributed by atoms with Crippen LogP contribution < -0.4 is 4.57 Å². The molecule has 0 saturated carbocycles. The first kappa shape index (κ1) is 38.2. The Labute approximate surface area is 259 Å². The molecule has 0 amide bonds. The van der Waals surface area contributed by atoms with Crippen molar-refractivity contribution in [2.45, 2.75) is 232 Å². The van der Waals surface area contributed by atoms with Gasteiger partial charge in [-0.15, -0.1) is 0 Å². The Hall–Kier alpha value is -0.790. The molecule has 41 heavy (non-hydrogen) atoms. The number of nitrogens with zero attached hydrogens (tertiary/aromatic N) is 1. The Bertz CT molecular complexity index is 635. The molecule has 1 N–H and O–H groups in total. The van der Waals surface area contributed by atoms with Gasteiger partial charge < -0.3 is 0 Å². The first-order valence-electron chi connectivity index (χ1n) is 19.3. The van der Waals surface area contributed by atoms with Gasteiger partial charge in [-0.05, 0) is 32.6 Å². The highest BCUT2D eigenvalue weighted by Crippen LogP contribution is 2.27. The lowest BCUT2D eigenvalue weighted by Crippen LogP contribution is -2.41. The summed E-state index contributed by atoms with van der Waals surface area (Å²) < 4.78 is 2.62. The van der Waals surface area contributed by atoms with Gasteiger partial charge in [0, 0.05) is 0 Å². The van der Waals surface area contributed by atoms with Gasteiger partial charge in [-0.2, -0.15) is 0 Å². The maximum Gasteiger partial charge on any atom is 0.257 e. The topological polar surface area (TPSA) is 19.7 Å². The van der Waals surface area contributed by atoms with Crippen molar-refractivity contribution in [3.8, 4) is 0 Å². The van der Waals surface area contributed by atoms with Gasteiger partial charge in [-0.3, -0.25) is 0 Å². The van der Waals surface area contributed by atoms with E-state index in [2.05, 4.69) is 49.6 Å². The molecule has 0 saturated heterocycles. The Morgan fingerprint density at radius 1 is 0.463 bits per heavy atom. The summed E-state index contributed by atoms with van der Waals surface area (Å²) in [5, 5.41) is 0. The summed E-state index contributed by atoms with van der Waals surface area (Å²) in [6.07, 6.45) is 47.2. The molecule has 0 spiro atoms. The van der Waals surface area contributed by atoms with Gasteiger partial charge in [0.25, 0.3) is 5.82 Å². The third-order valence-electron chi connectivity index (χ3n) is 9.64. The minimum absolute atomic E-state index is 0.621.